The van der Waals surface area contributed by atoms with Crippen LogP contribution in [-0.2, 0) is 5.41 Å². The van der Waals surface area contributed by atoms with Crippen molar-refractivity contribution in [2.24, 2.45) is 0 Å². The van der Waals surface area contributed by atoms with Crippen molar-refractivity contribution < 1.29 is 0 Å². The van der Waals surface area contributed by atoms with Crippen molar-refractivity contribution in [3.05, 3.63) is 174 Å². The molecular formula is C51H41N3. The van der Waals surface area contributed by atoms with Crippen molar-refractivity contribution in [1.29, 1.82) is 0 Å². The minimum atomic E-state index is -0.0175. The number of benzene rings is 6. The molecule has 2 aliphatic rings. The Morgan fingerprint density at radius 1 is 0.667 bits per heavy atom. The highest BCUT2D eigenvalue weighted by Gasteiger charge is 2.38. The maximum Gasteiger partial charge on any atom is 0.235 e. The fourth-order valence-electron chi connectivity index (χ4n) is 9.07. The number of aromatic nitrogens is 3. The predicted octanol–water partition coefficient (Wildman–Crippen LogP) is 13.5. The Kier molecular flexibility index (Phi) is 7.42. The van der Waals surface area contributed by atoms with Gasteiger partial charge in [0.05, 0.1) is 22.2 Å². The van der Waals surface area contributed by atoms with Gasteiger partial charge in [-0.25, -0.2) is 9.97 Å². The molecule has 0 bridgehead atoms. The monoisotopic (exact) mass is 695 g/mol. The highest BCUT2D eigenvalue weighted by Crippen LogP contribution is 2.53. The van der Waals surface area contributed by atoms with Gasteiger partial charge in [-0.3, -0.25) is 4.57 Å². The topological polar surface area (TPSA) is 30.7 Å². The molecule has 0 spiro atoms. The third-order valence-electron chi connectivity index (χ3n) is 11.8. The van der Waals surface area contributed by atoms with Gasteiger partial charge in [-0.1, -0.05) is 135 Å². The van der Waals surface area contributed by atoms with Crippen LogP contribution in [0.5, 0.6) is 0 Å². The Morgan fingerprint density at radius 3 is 2.22 bits per heavy atom. The SMILES string of the molecule is C/C=C(\C)c1nc(-n2c3ccccc3c3cc(-c4ccccc4)cc(-c4cccc(-c5cccc6c5C5=C(C=CCC5)C6(C)C)c4)c32)nc2ccccc12. The molecule has 0 atom stereocenters. The van der Waals surface area contributed by atoms with Crippen LogP contribution >= 0.6 is 0 Å². The molecule has 8 aromatic rings. The average molecular weight is 696 g/mol. The summed E-state index contributed by atoms with van der Waals surface area (Å²) in [6.07, 6.45) is 9.03. The fraction of sp³-hybridized carbons (Fsp3) is 0.137. The van der Waals surface area contributed by atoms with E-state index in [0.29, 0.717) is 5.95 Å². The lowest BCUT2D eigenvalue weighted by atomic mass is 9.80. The summed E-state index contributed by atoms with van der Waals surface area (Å²) in [6, 6.07) is 48.6. The van der Waals surface area contributed by atoms with Crippen molar-refractivity contribution >= 4 is 43.9 Å². The zero-order valence-corrected chi connectivity index (χ0v) is 31.2. The number of hydrogen-bond donors (Lipinski definition) is 0. The lowest BCUT2D eigenvalue weighted by molar-refractivity contribution is 0.651. The van der Waals surface area contributed by atoms with E-state index >= 15 is 0 Å². The summed E-state index contributed by atoms with van der Waals surface area (Å²) in [5.41, 5.74) is 18.2. The Labute approximate surface area is 316 Å². The number of para-hydroxylation sites is 2. The summed E-state index contributed by atoms with van der Waals surface area (Å²) >= 11 is 0. The van der Waals surface area contributed by atoms with Crippen LogP contribution < -0.4 is 0 Å². The molecule has 6 aromatic carbocycles. The molecule has 260 valence electrons. The molecule has 0 radical (unpaired) electrons. The van der Waals surface area contributed by atoms with E-state index in [1.54, 1.807) is 0 Å². The van der Waals surface area contributed by atoms with Crippen LogP contribution in [-0.4, -0.2) is 14.5 Å². The van der Waals surface area contributed by atoms with Crippen LogP contribution in [0.25, 0.3) is 83.2 Å². The average Bonchev–Trinajstić information content (AvgIpc) is 3.68. The van der Waals surface area contributed by atoms with E-state index in [1.165, 1.54) is 55.3 Å². The highest BCUT2D eigenvalue weighted by molar-refractivity contribution is 6.15. The lowest BCUT2D eigenvalue weighted by Gasteiger charge is -2.24. The van der Waals surface area contributed by atoms with Gasteiger partial charge in [-0.05, 0) is 113 Å². The van der Waals surface area contributed by atoms with Crippen molar-refractivity contribution in [3.8, 4) is 39.3 Å². The third kappa shape index (κ3) is 4.88. The molecule has 2 heterocycles. The van der Waals surface area contributed by atoms with Crippen LogP contribution in [0.1, 0.15) is 57.4 Å². The van der Waals surface area contributed by atoms with Crippen LogP contribution in [0.15, 0.2) is 157 Å². The van der Waals surface area contributed by atoms with Crippen LogP contribution in [0.3, 0.4) is 0 Å². The molecule has 3 nitrogen and oxygen atoms in total. The molecule has 0 saturated heterocycles. The van der Waals surface area contributed by atoms with Gasteiger partial charge in [-0.2, -0.15) is 0 Å². The maximum absolute atomic E-state index is 5.36. The van der Waals surface area contributed by atoms with Crippen molar-refractivity contribution in [3.63, 3.8) is 0 Å². The molecule has 0 fully saturated rings. The zero-order chi connectivity index (χ0) is 36.6. The number of rotatable bonds is 5. The molecule has 0 amide bonds. The lowest BCUT2D eigenvalue weighted by Crippen LogP contribution is -2.16. The molecule has 0 saturated carbocycles. The number of allylic oxidation sites excluding steroid dienone is 6. The molecular weight excluding hydrogens is 655 g/mol. The first-order chi connectivity index (χ1) is 26.4. The fourth-order valence-corrected chi connectivity index (χ4v) is 9.07. The number of nitrogens with zero attached hydrogens (tertiary/aromatic N) is 3. The van der Waals surface area contributed by atoms with Gasteiger partial charge in [-0.15, -0.1) is 0 Å². The van der Waals surface area contributed by atoms with Crippen LogP contribution in [0.4, 0.5) is 0 Å². The van der Waals surface area contributed by atoms with Gasteiger partial charge >= 0.3 is 0 Å². The number of fused-ring (bicyclic) bond motifs is 6. The summed E-state index contributed by atoms with van der Waals surface area (Å²) in [4.78, 5) is 10.6. The van der Waals surface area contributed by atoms with Crippen LogP contribution in [0, 0.1) is 0 Å². The van der Waals surface area contributed by atoms with Crippen LogP contribution in [0.2, 0.25) is 0 Å². The Bertz CT molecular complexity index is 2920. The summed E-state index contributed by atoms with van der Waals surface area (Å²) in [7, 11) is 0. The van der Waals surface area contributed by atoms with Crippen molar-refractivity contribution in [1.82, 2.24) is 14.5 Å². The molecule has 0 N–H and O–H groups in total. The zero-order valence-electron chi connectivity index (χ0n) is 31.2. The van der Waals surface area contributed by atoms with E-state index in [9.17, 15) is 0 Å². The predicted molar refractivity (Wildman–Crippen MR) is 228 cm³/mol. The highest BCUT2D eigenvalue weighted by atomic mass is 15.2. The molecule has 0 aliphatic heterocycles. The molecule has 3 heteroatoms. The second kappa shape index (κ2) is 12.4. The minimum absolute atomic E-state index is 0.0175. The second-order valence-corrected chi connectivity index (χ2v) is 15.3. The van der Waals surface area contributed by atoms with Gasteiger partial charge in [0.25, 0.3) is 0 Å². The molecule has 2 aromatic heterocycles. The van der Waals surface area contributed by atoms with E-state index in [4.69, 9.17) is 9.97 Å². The molecule has 2 aliphatic carbocycles. The molecule has 54 heavy (non-hydrogen) atoms. The number of hydrogen-bond acceptors (Lipinski definition) is 2. The van der Waals surface area contributed by atoms with Gasteiger partial charge in [0.2, 0.25) is 5.95 Å². The standard InChI is InChI=1S/C51H41N3/c1-5-32(2)48-40-23-10-13-27-45(40)52-50(53-48)54-46-28-14-11-21-38(46)42-31-36(33-17-7-6-8-18-33)30-41(49(42)54)35-20-15-19-34(29-35)37-24-16-26-44-47(37)39-22-9-12-25-43(39)51(44,3)4/h5-8,10-21,23-31H,9,22H2,1-4H3/b32-5+. The minimum Gasteiger partial charge on any atom is -0.277 e. The normalized spacial score (nSPS) is 15.0. The Hall–Kier alpha value is -6.32. The Balaban J connectivity index is 1.28. The Morgan fingerprint density at radius 2 is 1.39 bits per heavy atom. The van der Waals surface area contributed by atoms with Gasteiger partial charge in [0.1, 0.15) is 0 Å². The van der Waals surface area contributed by atoms with Gasteiger partial charge < -0.3 is 0 Å². The van der Waals surface area contributed by atoms with Crippen molar-refractivity contribution in [2.45, 2.75) is 46.0 Å². The van der Waals surface area contributed by atoms with E-state index in [-0.39, 0.29) is 5.41 Å². The van der Waals surface area contributed by atoms with E-state index in [1.807, 2.05) is 0 Å². The first-order valence-corrected chi connectivity index (χ1v) is 19.1. The quantitative estimate of drug-likeness (QED) is 0.179. The van der Waals surface area contributed by atoms with Gasteiger partial charge in [0, 0.05) is 27.1 Å². The first kappa shape index (κ1) is 32.3. The second-order valence-electron chi connectivity index (χ2n) is 15.3. The summed E-state index contributed by atoms with van der Waals surface area (Å²) in [5.74, 6) is 0.675. The van der Waals surface area contributed by atoms with E-state index in [2.05, 4.69) is 184 Å². The summed E-state index contributed by atoms with van der Waals surface area (Å²) in [6.45, 7) is 8.98. The van der Waals surface area contributed by atoms with Crippen molar-refractivity contribution in [2.75, 3.05) is 0 Å². The van der Waals surface area contributed by atoms with Gasteiger partial charge in [0.15, 0.2) is 0 Å². The summed E-state index contributed by atoms with van der Waals surface area (Å²) < 4.78 is 2.30. The largest absolute Gasteiger partial charge is 0.277 e. The summed E-state index contributed by atoms with van der Waals surface area (Å²) in [5, 5.41) is 3.42. The third-order valence-corrected chi connectivity index (χ3v) is 11.8. The van der Waals surface area contributed by atoms with E-state index < -0.39 is 0 Å². The molecule has 10 rings (SSSR count). The first-order valence-electron chi connectivity index (χ1n) is 19.1. The maximum atomic E-state index is 5.36. The smallest absolute Gasteiger partial charge is 0.235 e. The molecule has 0 unspecified atom stereocenters. The van der Waals surface area contributed by atoms with E-state index in [0.717, 1.165) is 57.2 Å².